The van der Waals surface area contributed by atoms with Gasteiger partial charge in [0.2, 0.25) is 5.91 Å². The van der Waals surface area contributed by atoms with Gasteiger partial charge in [-0.05, 0) is 18.4 Å². The molecule has 3 rings (SSSR count). The average molecular weight is 354 g/mol. The summed E-state index contributed by atoms with van der Waals surface area (Å²) in [5.74, 6) is 0.00459. The second-order valence-electron chi connectivity index (χ2n) is 7.69. The number of nitriles is 1. The lowest BCUT2D eigenvalue weighted by Gasteiger charge is -2.35. The highest BCUT2D eigenvalue weighted by Crippen LogP contribution is 2.26. The summed E-state index contributed by atoms with van der Waals surface area (Å²) in [4.78, 5) is 17.2. The Labute approximate surface area is 157 Å². The van der Waals surface area contributed by atoms with E-state index in [1.165, 1.54) is 18.4 Å². The monoisotopic (exact) mass is 354 g/mol. The van der Waals surface area contributed by atoms with E-state index in [4.69, 9.17) is 0 Å². The number of hydrogen-bond donors (Lipinski definition) is 1. The predicted molar refractivity (Wildman–Crippen MR) is 102 cm³/mol. The Balaban J connectivity index is 1.43. The number of benzene rings is 1. The standard InChI is InChI=1S/C21H30N4O/c22-18-21(10-6-1-2-7-11-21)23-20(26)17-25-14-12-24(13-15-25)16-19-8-4-3-5-9-19/h3-5,8-9H,1-2,6-7,10-17H2,(H,23,26). The van der Waals surface area contributed by atoms with Gasteiger partial charge in [0, 0.05) is 32.7 Å². The lowest BCUT2D eigenvalue weighted by atomic mass is 9.92. The number of rotatable bonds is 5. The second-order valence-corrected chi connectivity index (χ2v) is 7.69. The Kier molecular flexibility index (Phi) is 6.65. The highest BCUT2D eigenvalue weighted by atomic mass is 16.2. The average Bonchev–Trinajstić information content (AvgIpc) is 2.90. The first kappa shape index (κ1) is 18.9. The zero-order chi connectivity index (χ0) is 18.2. The van der Waals surface area contributed by atoms with Crippen molar-refractivity contribution in [2.75, 3.05) is 32.7 Å². The van der Waals surface area contributed by atoms with E-state index in [1.54, 1.807) is 0 Å². The summed E-state index contributed by atoms with van der Waals surface area (Å²) in [6.45, 7) is 5.14. The number of carbonyl (C=O) groups is 1. The molecule has 1 amide bonds. The predicted octanol–water partition coefficient (Wildman–Crippen LogP) is 2.54. The Morgan fingerprint density at radius 2 is 1.62 bits per heavy atom. The van der Waals surface area contributed by atoms with Crippen molar-refractivity contribution in [3.05, 3.63) is 35.9 Å². The number of piperazine rings is 1. The van der Waals surface area contributed by atoms with Crippen molar-refractivity contribution in [2.45, 2.75) is 50.6 Å². The zero-order valence-corrected chi connectivity index (χ0v) is 15.6. The van der Waals surface area contributed by atoms with Crippen LogP contribution >= 0.6 is 0 Å². The quantitative estimate of drug-likeness (QED) is 0.826. The van der Waals surface area contributed by atoms with Crippen molar-refractivity contribution in [1.82, 2.24) is 15.1 Å². The summed E-state index contributed by atoms with van der Waals surface area (Å²) in [5, 5.41) is 12.7. The number of amides is 1. The first-order valence-corrected chi connectivity index (χ1v) is 9.90. The van der Waals surface area contributed by atoms with Gasteiger partial charge in [0.15, 0.2) is 0 Å². The molecule has 0 aromatic heterocycles. The highest BCUT2D eigenvalue weighted by molar-refractivity contribution is 5.79. The molecule has 0 radical (unpaired) electrons. The lowest BCUT2D eigenvalue weighted by Crippen LogP contribution is -2.53. The lowest BCUT2D eigenvalue weighted by molar-refractivity contribution is -0.124. The van der Waals surface area contributed by atoms with Crippen LogP contribution in [0.5, 0.6) is 0 Å². The summed E-state index contributed by atoms with van der Waals surface area (Å²) < 4.78 is 0. The molecule has 5 nitrogen and oxygen atoms in total. The number of nitrogens with zero attached hydrogens (tertiary/aromatic N) is 3. The summed E-state index contributed by atoms with van der Waals surface area (Å²) in [6.07, 6.45) is 5.99. The van der Waals surface area contributed by atoms with Crippen LogP contribution in [0.4, 0.5) is 0 Å². The van der Waals surface area contributed by atoms with Crippen LogP contribution in [-0.2, 0) is 11.3 Å². The fourth-order valence-electron chi connectivity index (χ4n) is 4.05. The van der Waals surface area contributed by atoms with E-state index in [2.05, 4.69) is 45.5 Å². The van der Waals surface area contributed by atoms with E-state index >= 15 is 0 Å². The fraction of sp³-hybridized carbons (Fsp3) is 0.619. The van der Waals surface area contributed by atoms with Crippen LogP contribution in [0, 0.1) is 11.3 Å². The molecule has 1 N–H and O–H groups in total. The molecular weight excluding hydrogens is 324 g/mol. The van der Waals surface area contributed by atoms with Gasteiger partial charge in [-0.2, -0.15) is 5.26 Å². The van der Waals surface area contributed by atoms with E-state index in [0.717, 1.165) is 58.4 Å². The van der Waals surface area contributed by atoms with Crippen molar-refractivity contribution in [3.63, 3.8) is 0 Å². The van der Waals surface area contributed by atoms with Gasteiger partial charge in [0.1, 0.15) is 5.54 Å². The van der Waals surface area contributed by atoms with Crippen molar-refractivity contribution >= 4 is 5.91 Å². The van der Waals surface area contributed by atoms with Gasteiger partial charge in [0.05, 0.1) is 12.6 Å². The largest absolute Gasteiger partial charge is 0.337 e. The second kappa shape index (κ2) is 9.16. The van der Waals surface area contributed by atoms with Crippen molar-refractivity contribution in [3.8, 4) is 6.07 Å². The molecule has 1 aromatic carbocycles. The molecule has 26 heavy (non-hydrogen) atoms. The van der Waals surface area contributed by atoms with Gasteiger partial charge in [0.25, 0.3) is 0 Å². The smallest absolute Gasteiger partial charge is 0.235 e. The van der Waals surface area contributed by atoms with Crippen LogP contribution in [-0.4, -0.2) is 54.0 Å². The number of nitrogens with one attached hydrogen (secondary N) is 1. The summed E-state index contributed by atoms with van der Waals surface area (Å²) in [7, 11) is 0. The molecule has 140 valence electrons. The molecule has 0 spiro atoms. The van der Waals surface area contributed by atoms with E-state index in [-0.39, 0.29) is 5.91 Å². The van der Waals surface area contributed by atoms with Crippen LogP contribution in [0.1, 0.15) is 44.1 Å². The topological polar surface area (TPSA) is 59.4 Å². The molecule has 2 aliphatic rings. The van der Waals surface area contributed by atoms with Crippen molar-refractivity contribution in [2.24, 2.45) is 0 Å². The van der Waals surface area contributed by atoms with Crippen LogP contribution < -0.4 is 5.32 Å². The number of hydrogen-bond acceptors (Lipinski definition) is 4. The van der Waals surface area contributed by atoms with Crippen molar-refractivity contribution < 1.29 is 4.79 Å². The molecule has 1 heterocycles. The Morgan fingerprint density at radius 3 is 2.23 bits per heavy atom. The van der Waals surface area contributed by atoms with Crippen LogP contribution in [0.25, 0.3) is 0 Å². The summed E-state index contributed by atoms with van der Waals surface area (Å²) >= 11 is 0. The van der Waals surface area contributed by atoms with Crippen LogP contribution in [0.3, 0.4) is 0 Å². The molecule has 0 atom stereocenters. The van der Waals surface area contributed by atoms with Gasteiger partial charge in [-0.15, -0.1) is 0 Å². The molecule has 0 bridgehead atoms. The Bertz CT molecular complexity index is 609. The third kappa shape index (κ3) is 5.30. The molecule has 5 heteroatoms. The third-order valence-corrected chi connectivity index (χ3v) is 5.63. The first-order valence-electron chi connectivity index (χ1n) is 9.90. The fourth-order valence-corrected chi connectivity index (χ4v) is 4.05. The van der Waals surface area contributed by atoms with Gasteiger partial charge in [-0.1, -0.05) is 56.0 Å². The molecule has 1 aliphatic heterocycles. The molecule has 1 saturated heterocycles. The number of carbonyl (C=O) groups excluding carboxylic acids is 1. The molecule has 1 saturated carbocycles. The molecular formula is C21H30N4O. The van der Waals surface area contributed by atoms with E-state index in [9.17, 15) is 10.1 Å². The van der Waals surface area contributed by atoms with Crippen LogP contribution in [0.2, 0.25) is 0 Å². The molecule has 1 aromatic rings. The van der Waals surface area contributed by atoms with Crippen LogP contribution in [0.15, 0.2) is 30.3 Å². The summed E-state index contributed by atoms with van der Waals surface area (Å²) in [5.41, 5.74) is 0.700. The zero-order valence-electron chi connectivity index (χ0n) is 15.6. The highest BCUT2D eigenvalue weighted by Gasteiger charge is 2.33. The minimum absolute atomic E-state index is 0.00459. The molecule has 1 aliphatic carbocycles. The SMILES string of the molecule is N#CC1(NC(=O)CN2CCN(Cc3ccccc3)CC2)CCCCCC1. The summed E-state index contributed by atoms with van der Waals surface area (Å²) in [6, 6.07) is 12.9. The third-order valence-electron chi connectivity index (χ3n) is 5.63. The van der Waals surface area contributed by atoms with Crippen molar-refractivity contribution in [1.29, 1.82) is 5.26 Å². The van der Waals surface area contributed by atoms with Gasteiger partial charge < -0.3 is 5.32 Å². The maximum atomic E-state index is 12.5. The van der Waals surface area contributed by atoms with Gasteiger partial charge >= 0.3 is 0 Å². The first-order chi connectivity index (χ1) is 12.7. The Morgan fingerprint density at radius 1 is 1.00 bits per heavy atom. The van der Waals surface area contributed by atoms with E-state index < -0.39 is 5.54 Å². The van der Waals surface area contributed by atoms with Gasteiger partial charge in [-0.3, -0.25) is 14.6 Å². The maximum Gasteiger partial charge on any atom is 0.235 e. The Hall–Kier alpha value is -1.90. The van der Waals surface area contributed by atoms with Gasteiger partial charge in [-0.25, -0.2) is 0 Å². The minimum Gasteiger partial charge on any atom is -0.337 e. The molecule has 2 fully saturated rings. The van der Waals surface area contributed by atoms with E-state index in [1.807, 2.05) is 6.07 Å². The maximum absolute atomic E-state index is 12.5. The van der Waals surface area contributed by atoms with E-state index in [0.29, 0.717) is 6.54 Å². The normalized spacial score (nSPS) is 21.5. The molecule has 0 unspecified atom stereocenters. The minimum atomic E-state index is -0.636.